The summed E-state index contributed by atoms with van der Waals surface area (Å²) in [7, 11) is 1.64. The molecular formula is C17H15ClFN3O4S. The molecule has 27 heavy (non-hydrogen) atoms. The lowest BCUT2D eigenvalue weighted by Gasteiger charge is -2.21. The Labute approximate surface area is 163 Å². The quantitative estimate of drug-likeness (QED) is 0.557. The fourth-order valence-corrected chi connectivity index (χ4v) is 4.13. The molecule has 10 heteroatoms. The van der Waals surface area contributed by atoms with Crippen molar-refractivity contribution in [1.82, 2.24) is 4.90 Å². The van der Waals surface area contributed by atoms with Crippen molar-refractivity contribution in [2.45, 2.75) is 13.0 Å². The molecule has 1 aromatic heterocycles. The summed E-state index contributed by atoms with van der Waals surface area (Å²) in [6, 6.07) is 6.84. The number of carbonyl (C=O) groups excluding carboxylic acids is 2. The van der Waals surface area contributed by atoms with Gasteiger partial charge in [0, 0.05) is 31.0 Å². The molecule has 1 atom stereocenters. The van der Waals surface area contributed by atoms with E-state index in [4.69, 9.17) is 11.6 Å². The number of thiophene rings is 1. The van der Waals surface area contributed by atoms with Crippen molar-refractivity contribution in [3.05, 3.63) is 55.5 Å². The predicted octanol–water partition coefficient (Wildman–Crippen LogP) is 3.46. The van der Waals surface area contributed by atoms with E-state index in [1.165, 1.54) is 27.2 Å². The standard InChI is InChI=1S/C17H15ClFN3O4S/c1-20(9-12-3-5-15(18)27-12)17(24)10-6-16(23)21(8-10)11-2-4-13(19)14(7-11)22(25)26/h2-5,7,10H,6,8-9H2,1H3. The number of hydrogen-bond donors (Lipinski definition) is 0. The van der Waals surface area contributed by atoms with Gasteiger partial charge in [0.15, 0.2) is 0 Å². The molecule has 1 aliphatic rings. The number of hydrogen-bond acceptors (Lipinski definition) is 5. The molecule has 2 amide bonds. The molecule has 7 nitrogen and oxygen atoms in total. The smallest absolute Gasteiger partial charge is 0.306 e. The van der Waals surface area contributed by atoms with Crippen molar-refractivity contribution >= 4 is 46.1 Å². The summed E-state index contributed by atoms with van der Waals surface area (Å²) in [5, 5.41) is 10.9. The Bertz CT molecular complexity index is 919. The summed E-state index contributed by atoms with van der Waals surface area (Å²) in [4.78, 5) is 38.8. The first-order chi connectivity index (χ1) is 12.8. The molecule has 0 aliphatic carbocycles. The lowest BCUT2D eigenvalue weighted by molar-refractivity contribution is -0.387. The molecule has 1 saturated heterocycles. The Morgan fingerprint density at radius 2 is 2.19 bits per heavy atom. The van der Waals surface area contributed by atoms with Crippen LogP contribution in [0.1, 0.15) is 11.3 Å². The number of nitro groups is 1. The average molecular weight is 412 g/mol. The van der Waals surface area contributed by atoms with Crippen LogP contribution in [0.5, 0.6) is 0 Å². The van der Waals surface area contributed by atoms with Gasteiger partial charge in [-0.3, -0.25) is 19.7 Å². The van der Waals surface area contributed by atoms with Crippen LogP contribution in [0.3, 0.4) is 0 Å². The van der Waals surface area contributed by atoms with Crippen LogP contribution in [0.25, 0.3) is 0 Å². The minimum atomic E-state index is -0.975. The summed E-state index contributed by atoms with van der Waals surface area (Å²) in [6.45, 7) is 0.471. The largest absolute Gasteiger partial charge is 0.340 e. The van der Waals surface area contributed by atoms with Gasteiger partial charge in [0.25, 0.3) is 0 Å². The molecule has 0 radical (unpaired) electrons. The second-order valence-corrected chi connectivity index (χ2v) is 8.00. The number of anilines is 1. The highest BCUT2D eigenvalue weighted by Gasteiger charge is 2.37. The molecular weight excluding hydrogens is 397 g/mol. The van der Waals surface area contributed by atoms with E-state index in [0.29, 0.717) is 10.9 Å². The summed E-state index contributed by atoms with van der Waals surface area (Å²) in [5.41, 5.74) is -0.502. The van der Waals surface area contributed by atoms with Crippen molar-refractivity contribution in [2.75, 3.05) is 18.5 Å². The minimum absolute atomic E-state index is 0.000452. The SMILES string of the molecule is CN(Cc1ccc(Cl)s1)C(=O)C1CC(=O)N(c2ccc(F)c([N+](=O)[O-])c2)C1. The van der Waals surface area contributed by atoms with Gasteiger partial charge in [-0.15, -0.1) is 11.3 Å². The van der Waals surface area contributed by atoms with Gasteiger partial charge in [-0.2, -0.15) is 4.39 Å². The van der Waals surface area contributed by atoms with E-state index in [2.05, 4.69) is 0 Å². The van der Waals surface area contributed by atoms with Crippen molar-refractivity contribution < 1.29 is 18.9 Å². The van der Waals surface area contributed by atoms with E-state index in [1.807, 2.05) is 6.07 Å². The van der Waals surface area contributed by atoms with E-state index >= 15 is 0 Å². The third-order valence-corrected chi connectivity index (χ3v) is 5.53. The van der Waals surface area contributed by atoms with Crippen LogP contribution >= 0.6 is 22.9 Å². The normalized spacial score (nSPS) is 16.6. The number of halogens is 2. The molecule has 1 aliphatic heterocycles. The maximum atomic E-state index is 13.5. The van der Waals surface area contributed by atoms with Gasteiger partial charge in [-0.1, -0.05) is 11.6 Å². The zero-order valence-electron chi connectivity index (χ0n) is 14.2. The summed E-state index contributed by atoms with van der Waals surface area (Å²) >= 11 is 7.27. The van der Waals surface area contributed by atoms with Crippen LogP contribution in [-0.4, -0.2) is 35.2 Å². The summed E-state index contributed by atoms with van der Waals surface area (Å²) in [5.74, 6) is -2.08. The molecule has 0 saturated carbocycles. The van der Waals surface area contributed by atoms with Crippen molar-refractivity contribution in [3.63, 3.8) is 0 Å². The molecule has 3 rings (SSSR count). The first kappa shape index (κ1) is 19.2. The lowest BCUT2D eigenvalue weighted by Crippen LogP contribution is -2.34. The van der Waals surface area contributed by atoms with Crippen LogP contribution < -0.4 is 4.90 Å². The Morgan fingerprint density at radius 3 is 2.81 bits per heavy atom. The number of amides is 2. The monoisotopic (exact) mass is 411 g/mol. The Hall–Kier alpha value is -2.52. The highest BCUT2D eigenvalue weighted by atomic mass is 35.5. The minimum Gasteiger partial charge on any atom is -0.340 e. The van der Waals surface area contributed by atoms with E-state index in [-0.39, 0.29) is 30.5 Å². The second-order valence-electron chi connectivity index (χ2n) is 6.20. The van der Waals surface area contributed by atoms with Gasteiger partial charge >= 0.3 is 5.69 Å². The predicted molar refractivity (Wildman–Crippen MR) is 99.3 cm³/mol. The molecule has 2 heterocycles. The Kier molecular flexibility index (Phi) is 5.43. The topological polar surface area (TPSA) is 83.8 Å². The van der Waals surface area contributed by atoms with Gasteiger partial charge in [0.1, 0.15) is 0 Å². The van der Waals surface area contributed by atoms with Gasteiger partial charge in [0.2, 0.25) is 17.6 Å². The zero-order chi connectivity index (χ0) is 19.7. The molecule has 1 aromatic carbocycles. The molecule has 142 valence electrons. The maximum Gasteiger partial charge on any atom is 0.306 e. The highest BCUT2D eigenvalue weighted by molar-refractivity contribution is 7.16. The average Bonchev–Trinajstić information content (AvgIpc) is 3.20. The molecule has 1 unspecified atom stereocenters. The van der Waals surface area contributed by atoms with Gasteiger partial charge in [-0.25, -0.2) is 0 Å². The highest BCUT2D eigenvalue weighted by Crippen LogP contribution is 2.30. The lowest BCUT2D eigenvalue weighted by atomic mass is 10.1. The third kappa shape index (κ3) is 4.09. The fraction of sp³-hybridized carbons (Fsp3) is 0.294. The first-order valence-electron chi connectivity index (χ1n) is 7.99. The Balaban J connectivity index is 1.72. The molecule has 1 fully saturated rings. The first-order valence-corrected chi connectivity index (χ1v) is 9.19. The number of nitro benzene ring substituents is 1. The van der Waals surface area contributed by atoms with Crippen LogP contribution in [-0.2, 0) is 16.1 Å². The van der Waals surface area contributed by atoms with Crippen molar-refractivity contribution in [2.24, 2.45) is 5.92 Å². The summed E-state index contributed by atoms with van der Waals surface area (Å²) in [6.07, 6.45) is -0.000452. The molecule has 0 N–H and O–H groups in total. The van der Waals surface area contributed by atoms with E-state index in [1.54, 1.807) is 13.1 Å². The van der Waals surface area contributed by atoms with Crippen LogP contribution in [0.4, 0.5) is 15.8 Å². The molecule has 0 bridgehead atoms. The Morgan fingerprint density at radius 1 is 1.44 bits per heavy atom. The van der Waals surface area contributed by atoms with Gasteiger partial charge in [-0.05, 0) is 24.3 Å². The molecule has 0 spiro atoms. The second kappa shape index (κ2) is 7.61. The van der Waals surface area contributed by atoms with Gasteiger partial charge in [0.05, 0.1) is 27.4 Å². The number of rotatable bonds is 5. The fourth-order valence-electron chi connectivity index (χ4n) is 2.99. The van der Waals surface area contributed by atoms with Gasteiger partial charge < -0.3 is 9.80 Å². The number of nitrogens with zero attached hydrogens (tertiary/aromatic N) is 3. The van der Waals surface area contributed by atoms with Crippen molar-refractivity contribution in [3.8, 4) is 0 Å². The van der Waals surface area contributed by atoms with E-state index in [9.17, 15) is 24.1 Å². The van der Waals surface area contributed by atoms with Crippen LogP contribution in [0.15, 0.2) is 30.3 Å². The number of carbonyl (C=O) groups is 2. The van der Waals surface area contributed by atoms with Crippen molar-refractivity contribution in [1.29, 1.82) is 0 Å². The van der Waals surface area contributed by atoms with E-state index in [0.717, 1.165) is 17.0 Å². The summed E-state index contributed by atoms with van der Waals surface area (Å²) < 4.78 is 14.1. The molecule has 2 aromatic rings. The van der Waals surface area contributed by atoms with Crippen LogP contribution in [0.2, 0.25) is 4.34 Å². The maximum absolute atomic E-state index is 13.5. The van der Waals surface area contributed by atoms with E-state index < -0.39 is 22.3 Å². The third-order valence-electron chi connectivity index (χ3n) is 4.31. The number of benzene rings is 1. The zero-order valence-corrected chi connectivity index (χ0v) is 15.8. The van der Waals surface area contributed by atoms with Crippen LogP contribution in [0, 0.1) is 21.8 Å².